The summed E-state index contributed by atoms with van der Waals surface area (Å²) >= 11 is 0. The maximum Gasteiger partial charge on any atom is 0.236 e. The van der Waals surface area contributed by atoms with Gasteiger partial charge in [0.2, 0.25) is 5.91 Å². The second kappa shape index (κ2) is 7.34. The Labute approximate surface area is 110 Å². The molecule has 0 radical (unpaired) electrons. The molecule has 0 bridgehead atoms. The minimum atomic E-state index is 0.0931. The van der Waals surface area contributed by atoms with Gasteiger partial charge in [-0.05, 0) is 12.3 Å². The van der Waals surface area contributed by atoms with E-state index in [1.165, 1.54) is 0 Å². The summed E-state index contributed by atoms with van der Waals surface area (Å²) in [4.78, 5) is 15.8. The summed E-state index contributed by atoms with van der Waals surface area (Å²) in [6.07, 6.45) is 2.43. The molecule has 0 aromatic rings. The highest BCUT2D eigenvalue weighted by Gasteiger charge is 2.26. The quantitative estimate of drug-likeness (QED) is 0.769. The largest absolute Gasteiger partial charge is 0.344 e. The van der Waals surface area contributed by atoms with Crippen LogP contribution in [-0.4, -0.2) is 55.0 Å². The molecule has 1 saturated heterocycles. The Morgan fingerprint density at radius 1 is 1.61 bits per heavy atom. The van der Waals surface area contributed by atoms with Crippen molar-refractivity contribution in [2.45, 2.75) is 32.2 Å². The topological polar surface area (TPSA) is 73.4 Å². The Morgan fingerprint density at radius 2 is 2.33 bits per heavy atom. The van der Waals surface area contributed by atoms with Crippen LogP contribution in [0.25, 0.3) is 0 Å². The summed E-state index contributed by atoms with van der Waals surface area (Å²) in [7, 11) is 1.76. The zero-order chi connectivity index (χ0) is 13.5. The van der Waals surface area contributed by atoms with E-state index < -0.39 is 0 Å². The molecule has 1 amide bonds. The van der Waals surface area contributed by atoms with Crippen molar-refractivity contribution in [3.05, 3.63) is 0 Å². The number of likely N-dealkylation sites (N-methyl/N-ethyl adjacent to an activating group) is 1. The lowest BCUT2D eigenvalue weighted by Gasteiger charge is -2.36. The number of likely N-dealkylation sites (tertiary alicyclic amines) is 1. The van der Waals surface area contributed by atoms with Crippen molar-refractivity contribution in [3.63, 3.8) is 0 Å². The van der Waals surface area contributed by atoms with Crippen LogP contribution in [0.2, 0.25) is 0 Å². The summed E-state index contributed by atoms with van der Waals surface area (Å²) in [5.74, 6) is 0.589. The van der Waals surface area contributed by atoms with E-state index in [0.29, 0.717) is 25.4 Å². The molecule has 0 aliphatic carbocycles. The van der Waals surface area contributed by atoms with Gasteiger partial charge in [0.1, 0.15) is 0 Å². The Bertz CT molecular complexity index is 313. The number of piperidine rings is 1. The Morgan fingerprint density at radius 3 is 2.94 bits per heavy atom. The molecule has 1 aliphatic heterocycles. The van der Waals surface area contributed by atoms with Gasteiger partial charge in [0.05, 0.1) is 19.0 Å². The lowest BCUT2D eigenvalue weighted by Crippen LogP contribution is -2.49. The molecule has 2 atom stereocenters. The molecule has 5 nitrogen and oxygen atoms in total. The fraction of sp³-hybridized carbons (Fsp3) is 0.846. The predicted molar refractivity (Wildman–Crippen MR) is 70.7 cm³/mol. The average Bonchev–Trinajstić information content (AvgIpc) is 2.37. The fourth-order valence-corrected chi connectivity index (χ4v) is 2.36. The summed E-state index contributed by atoms with van der Waals surface area (Å²) in [5, 5.41) is 8.50. The lowest BCUT2D eigenvalue weighted by molar-refractivity contribution is -0.131. The molecule has 0 saturated carbocycles. The van der Waals surface area contributed by atoms with Crippen molar-refractivity contribution in [1.29, 1.82) is 5.26 Å². The number of hydrogen-bond donors (Lipinski definition) is 1. The van der Waals surface area contributed by atoms with Crippen LogP contribution >= 0.6 is 0 Å². The molecule has 0 aromatic heterocycles. The molecule has 0 spiro atoms. The first-order chi connectivity index (χ1) is 8.58. The maximum atomic E-state index is 11.9. The first kappa shape index (κ1) is 14.9. The zero-order valence-corrected chi connectivity index (χ0v) is 11.4. The normalized spacial score (nSPS) is 24.6. The van der Waals surface area contributed by atoms with E-state index in [-0.39, 0.29) is 11.9 Å². The van der Waals surface area contributed by atoms with Crippen LogP contribution in [0.1, 0.15) is 26.2 Å². The van der Waals surface area contributed by atoms with Crippen molar-refractivity contribution in [1.82, 2.24) is 9.80 Å². The van der Waals surface area contributed by atoms with Crippen molar-refractivity contribution in [2.24, 2.45) is 11.7 Å². The van der Waals surface area contributed by atoms with E-state index in [2.05, 4.69) is 17.9 Å². The van der Waals surface area contributed by atoms with Gasteiger partial charge in [-0.2, -0.15) is 5.26 Å². The van der Waals surface area contributed by atoms with Gasteiger partial charge in [-0.1, -0.05) is 13.3 Å². The van der Waals surface area contributed by atoms with Gasteiger partial charge in [0.25, 0.3) is 0 Å². The lowest BCUT2D eigenvalue weighted by atomic mass is 9.91. The molecule has 0 aromatic carbocycles. The number of hydrogen-bond acceptors (Lipinski definition) is 4. The van der Waals surface area contributed by atoms with Crippen LogP contribution in [0.15, 0.2) is 0 Å². The van der Waals surface area contributed by atoms with Crippen LogP contribution in [0, 0.1) is 17.2 Å². The summed E-state index contributed by atoms with van der Waals surface area (Å²) in [5.41, 5.74) is 6.05. The monoisotopic (exact) mass is 252 g/mol. The molecule has 1 aliphatic rings. The molecule has 1 heterocycles. The van der Waals surface area contributed by atoms with Gasteiger partial charge in [-0.25, -0.2) is 0 Å². The van der Waals surface area contributed by atoms with Crippen molar-refractivity contribution < 1.29 is 4.79 Å². The van der Waals surface area contributed by atoms with Crippen LogP contribution in [0.5, 0.6) is 0 Å². The number of nitrogens with two attached hydrogens (primary N) is 1. The van der Waals surface area contributed by atoms with E-state index in [1.54, 1.807) is 11.9 Å². The van der Waals surface area contributed by atoms with Crippen LogP contribution < -0.4 is 5.73 Å². The maximum absolute atomic E-state index is 11.9. The zero-order valence-electron chi connectivity index (χ0n) is 11.4. The number of carbonyl (C=O) groups is 1. The van der Waals surface area contributed by atoms with Crippen molar-refractivity contribution in [2.75, 3.05) is 33.2 Å². The summed E-state index contributed by atoms with van der Waals surface area (Å²) < 4.78 is 0. The van der Waals surface area contributed by atoms with Gasteiger partial charge in [-0.3, -0.25) is 9.69 Å². The van der Waals surface area contributed by atoms with E-state index in [4.69, 9.17) is 11.0 Å². The first-order valence-electron chi connectivity index (χ1n) is 6.67. The van der Waals surface area contributed by atoms with Crippen LogP contribution in [-0.2, 0) is 4.79 Å². The average molecular weight is 252 g/mol. The van der Waals surface area contributed by atoms with Gasteiger partial charge in [-0.15, -0.1) is 0 Å². The Hall–Kier alpha value is -1.12. The first-order valence-corrected chi connectivity index (χ1v) is 6.67. The van der Waals surface area contributed by atoms with Gasteiger partial charge < -0.3 is 10.6 Å². The third kappa shape index (κ3) is 4.28. The summed E-state index contributed by atoms with van der Waals surface area (Å²) in [6, 6.07) is 2.33. The van der Waals surface area contributed by atoms with Gasteiger partial charge in [0.15, 0.2) is 0 Å². The fourth-order valence-electron chi connectivity index (χ4n) is 2.36. The van der Waals surface area contributed by atoms with E-state index in [1.807, 2.05) is 0 Å². The second-order valence-electron chi connectivity index (χ2n) is 5.08. The molecule has 102 valence electrons. The Balaban J connectivity index is 2.38. The number of nitrogens with zero attached hydrogens (tertiary/aromatic N) is 3. The number of amides is 1. The minimum Gasteiger partial charge on any atom is -0.344 e. The van der Waals surface area contributed by atoms with E-state index in [9.17, 15) is 4.79 Å². The molecular weight excluding hydrogens is 228 g/mol. The van der Waals surface area contributed by atoms with Crippen molar-refractivity contribution in [3.8, 4) is 6.07 Å². The third-order valence-electron chi connectivity index (χ3n) is 3.74. The van der Waals surface area contributed by atoms with E-state index in [0.717, 1.165) is 25.9 Å². The van der Waals surface area contributed by atoms with Crippen LogP contribution in [0.4, 0.5) is 0 Å². The highest BCUT2D eigenvalue weighted by Crippen LogP contribution is 2.18. The molecule has 18 heavy (non-hydrogen) atoms. The summed E-state index contributed by atoms with van der Waals surface area (Å²) in [6.45, 7) is 4.92. The van der Waals surface area contributed by atoms with Crippen LogP contribution in [0.3, 0.4) is 0 Å². The molecule has 2 unspecified atom stereocenters. The second-order valence-corrected chi connectivity index (χ2v) is 5.08. The Kier molecular flexibility index (Phi) is 6.10. The molecular formula is C13H24N4O. The molecule has 2 N–H and O–H groups in total. The predicted octanol–water partition coefficient (Wildman–Crippen LogP) is 0.418. The van der Waals surface area contributed by atoms with Gasteiger partial charge in [0, 0.05) is 32.7 Å². The molecule has 5 heteroatoms. The number of rotatable bonds is 5. The molecule has 1 rings (SSSR count). The third-order valence-corrected chi connectivity index (χ3v) is 3.74. The minimum absolute atomic E-state index is 0.0931. The number of nitriles is 1. The smallest absolute Gasteiger partial charge is 0.236 e. The standard InChI is InChI=1S/C13H24N4O/c1-3-11-9-17(8-5-12(11)15)10-13(18)16(2)7-4-6-14/h11-12H,3-5,7-10,15H2,1-2H3. The van der Waals surface area contributed by atoms with Crippen molar-refractivity contribution >= 4 is 5.91 Å². The highest BCUT2D eigenvalue weighted by molar-refractivity contribution is 5.78. The highest BCUT2D eigenvalue weighted by atomic mass is 16.2. The van der Waals surface area contributed by atoms with Gasteiger partial charge >= 0.3 is 0 Å². The van der Waals surface area contributed by atoms with E-state index >= 15 is 0 Å². The molecule has 1 fully saturated rings. The number of carbonyl (C=O) groups excluding carboxylic acids is 1. The SMILES string of the molecule is CCC1CN(CC(=O)N(C)CCC#N)CCC1N.